The van der Waals surface area contributed by atoms with Crippen molar-refractivity contribution < 1.29 is 14.3 Å². The number of methoxy groups -OCH3 is 1. The van der Waals surface area contributed by atoms with Crippen molar-refractivity contribution in [2.45, 2.75) is 52.5 Å². The summed E-state index contributed by atoms with van der Waals surface area (Å²) in [6, 6.07) is 4.29. The zero-order valence-electron chi connectivity index (χ0n) is 19.7. The molecule has 1 saturated carbocycles. The van der Waals surface area contributed by atoms with Crippen molar-refractivity contribution >= 4 is 28.6 Å². The Kier molecular flexibility index (Phi) is 6.42. The number of Topliss-reactive ketones (excluding diaryl/α,β-unsaturated/α-hetero) is 1. The number of carbonyl (C=O) groups excluding carboxylic acids is 2. The first kappa shape index (κ1) is 22.6. The number of fused-ring (bicyclic) bond motifs is 1. The molecule has 4 rings (SSSR count). The van der Waals surface area contributed by atoms with Gasteiger partial charge in [0.25, 0.3) is 0 Å². The number of H-pyrrole nitrogens is 1. The van der Waals surface area contributed by atoms with Gasteiger partial charge in [-0.1, -0.05) is 13.8 Å². The molecular formula is C24H35N5O3. The number of piperazine rings is 1. The van der Waals surface area contributed by atoms with Crippen LogP contribution < -0.4 is 10.2 Å². The summed E-state index contributed by atoms with van der Waals surface area (Å²) in [5, 5.41) is 2.85. The largest absolute Gasteiger partial charge is 0.453 e. The number of alkyl carbamates (subject to hydrolysis) is 1. The van der Waals surface area contributed by atoms with Crippen LogP contribution in [-0.4, -0.2) is 72.6 Å². The van der Waals surface area contributed by atoms with Crippen LogP contribution in [0.1, 0.15) is 55.7 Å². The molecule has 1 amide bonds. The van der Waals surface area contributed by atoms with Crippen molar-refractivity contribution in [3.63, 3.8) is 0 Å². The van der Waals surface area contributed by atoms with E-state index in [1.54, 1.807) is 0 Å². The minimum atomic E-state index is -0.476. The highest BCUT2D eigenvalue weighted by molar-refractivity contribution is 6.00. The molecule has 0 unspecified atom stereocenters. The second-order valence-corrected chi connectivity index (χ2v) is 9.46. The molecule has 1 aromatic heterocycles. The van der Waals surface area contributed by atoms with Gasteiger partial charge in [-0.25, -0.2) is 9.78 Å². The average molecular weight is 442 g/mol. The number of hydrogen-bond donors (Lipinski definition) is 2. The summed E-state index contributed by atoms with van der Waals surface area (Å²) in [6.07, 6.45) is 2.52. The van der Waals surface area contributed by atoms with Gasteiger partial charge in [-0.05, 0) is 56.8 Å². The fourth-order valence-corrected chi connectivity index (χ4v) is 5.05. The van der Waals surface area contributed by atoms with Crippen LogP contribution in [0.4, 0.5) is 10.5 Å². The van der Waals surface area contributed by atoms with Crippen molar-refractivity contribution in [3.8, 4) is 0 Å². The molecule has 2 aliphatic rings. The van der Waals surface area contributed by atoms with Gasteiger partial charge in [0.05, 0.1) is 18.1 Å². The molecule has 0 bridgehead atoms. The van der Waals surface area contributed by atoms with E-state index in [4.69, 9.17) is 9.72 Å². The number of amides is 1. The highest BCUT2D eigenvalue weighted by Crippen LogP contribution is 2.39. The number of hydrogen-bond acceptors (Lipinski definition) is 6. The Hall–Kier alpha value is -2.61. The number of imidazole rings is 1. The van der Waals surface area contributed by atoms with E-state index in [0.717, 1.165) is 56.6 Å². The molecule has 1 saturated heterocycles. The summed E-state index contributed by atoms with van der Waals surface area (Å²) < 4.78 is 4.69. The summed E-state index contributed by atoms with van der Waals surface area (Å²) in [6.45, 7) is 11.6. The monoisotopic (exact) mass is 441 g/mol. The highest BCUT2D eigenvalue weighted by Gasteiger charge is 2.39. The van der Waals surface area contributed by atoms with Crippen LogP contribution in [0.3, 0.4) is 0 Å². The smallest absolute Gasteiger partial charge is 0.407 e. The molecule has 2 aromatic rings. The van der Waals surface area contributed by atoms with Gasteiger partial charge in [0.15, 0.2) is 5.82 Å². The van der Waals surface area contributed by atoms with E-state index in [1.807, 2.05) is 6.92 Å². The molecule has 0 atom stereocenters. The third-order valence-corrected chi connectivity index (χ3v) is 7.32. The van der Waals surface area contributed by atoms with Crippen LogP contribution in [0, 0.1) is 12.3 Å². The van der Waals surface area contributed by atoms with E-state index >= 15 is 0 Å². The molecule has 1 aliphatic heterocycles. The van der Waals surface area contributed by atoms with Crippen molar-refractivity contribution in [3.05, 3.63) is 23.5 Å². The Morgan fingerprint density at radius 3 is 2.53 bits per heavy atom. The van der Waals surface area contributed by atoms with Gasteiger partial charge in [0.2, 0.25) is 5.78 Å². The van der Waals surface area contributed by atoms with E-state index in [9.17, 15) is 9.59 Å². The van der Waals surface area contributed by atoms with Crippen molar-refractivity contribution in [1.82, 2.24) is 20.2 Å². The van der Waals surface area contributed by atoms with E-state index < -0.39 is 11.5 Å². The predicted molar refractivity (Wildman–Crippen MR) is 125 cm³/mol. The molecule has 32 heavy (non-hydrogen) atoms. The zero-order valence-corrected chi connectivity index (χ0v) is 19.7. The maximum absolute atomic E-state index is 13.4. The Balaban J connectivity index is 1.49. The van der Waals surface area contributed by atoms with Crippen molar-refractivity contribution in [2.24, 2.45) is 5.41 Å². The first-order valence-corrected chi connectivity index (χ1v) is 11.7. The first-order valence-electron chi connectivity index (χ1n) is 11.7. The number of nitrogens with one attached hydrogen (secondary N) is 2. The second kappa shape index (κ2) is 9.10. The van der Waals surface area contributed by atoms with Crippen LogP contribution in [0.25, 0.3) is 11.0 Å². The Bertz CT molecular complexity index is 985. The van der Waals surface area contributed by atoms with Crippen LogP contribution in [0.2, 0.25) is 0 Å². The number of ether oxygens (including phenoxy) is 1. The third kappa shape index (κ3) is 4.46. The number of carbonyl (C=O) groups is 2. The molecule has 0 radical (unpaired) electrons. The van der Waals surface area contributed by atoms with Gasteiger partial charge in [0.1, 0.15) is 0 Å². The van der Waals surface area contributed by atoms with E-state index in [0.29, 0.717) is 18.7 Å². The standard InChI is InChI=1S/C24H35N5O3/c1-5-28-10-12-29(13-11-28)20-15-19-18(14-16(20)2)26-22(27-19)21(30)24(3)8-6-17(7-9-24)25-23(31)32-4/h14-15,17H,5-13H2,1-4H3,(H,25,31)(H,26,27). The molecule has 0 spiro atoms. The minimum absolute atomic E-state index is 0.0531. The third-order valence-electron chi connectivity index (χ3n) is 7.32. The summed E-state index contributed by atoms with van der Waals surface area (Å²) in [5.74, 6) is 0.496. The Morgan fingerprint density at radius 2 is 1.91 bits per heavy atom. The quantitative estimate of drug-likeness (QED) is 0.690. The number of aryl methyl sites for hydroxylation is 1. The lowest BCUT2D eigenvalue weighted by molar-refractivity contribution is 0.0715. The number of anilines is 1. The topological polar surface area (TPSA) is 90.6 Å². The molecular weight excluding hydrogens is 406 g/mol. The van der Waals surface area contributed by atoms with Crippen LogP contribution in [0.15, 0.2) is 12.1 Å². The summed E-state index contributed by atoms with van der Waals surface area (Å²) >= 11 is 0. The highest BCUT2D eigenvalue weighted by atomic mass is 16.5. The summed E-state index contributed by atoms with van der Waals surface area (Å²) in [7, 11) is 1.37. The lowest BCUT2D eigenvalue weighted by Gasteiger charge is -2.36. The van der Waals surface area contributed by atoms with Gasteiger partial charge in [-0.2, -0.15) is 0 Å². The maximum Gasteiger partial charge on any atom is 0.407 e. The molecule has 2 fully saturated rings. The average Bonchev–Trinajstić information content (AvgIpc) is 3.22. The number of benzene rings is 1. The molecule has 2 heterocycles. The van der Waals surface area contributed by atoms with Crippen molar-refractivity contribution in [1.29, 1.82) is 0 Å². The molecule has 1 aromatic carbocycles. The number of likely N-dealkylation sites (N-methyl/N-ethyl adjacent to an activating group) is 1. The molecule has 1 aliphatic carbocycles. The lowest BCUT2D eigenvalue weighted by Crippen LogP contribution is -2.46. The summed E-state index contributed by atoms with van der Waals surface area (Å²) in [4.78, 5) is 37.7. The van der Waals surface area contributed by atoms with E-state index in [-0.39, 0.29) is 11.8 Å². The molecule has 2 N–H and O–H groups in total. The second-order valence-electron chi connectivity index (χ2n) is 9.46. The number of aromatic amines is 1. The Labute approximate surface area is 189 Å². The number of rotatable bonds is 5. The minimum Gasteiger partial charge on any atom is -0.453 e. The predicted octanol–water partition coefficient (Wildman–Crippen LogP) is 3.50. The van der Waals surface area contributed by atoms with E-state index in [1.165, 1.54) is 18.4 Å². The molecule has 8 heteroatoms. The van der Waals surface area contributed by atoms with Crippen LogP contribution in [-0.2, 0) is 4.74 Å². The lowest BCUT2D eigenvalue weighted by atomic mass is 9.71. The summed E-state index contributed by atoms with van der Waals surface area (Å²) in [5.41, 5.74) is 3.68. The van der Waals surface area contributed by atoms with Gasteiger partial charge in [-0.15, -0.1) is 0 Å². The maximum atomic E-state index is 13.4. The Morgan fingerprint density at radius 1 is 1.22 bits per heavy atom. The van der Waals surface area contributed by atoms with Gasteiger partial charge in [-0.3, -0.25) is 4.79 Å². The first-order chi connectivity index (χ1) is 15.3. The SMILES string of the molecule is CCN1CCN(c2cc3nc(C(=O)C4(C)CCC(NC(=O)OC)CC4)[nH]c3cc2C)CC1. The zero-order chi connectivity index (χ0) is 22.9. The fourth-order valence-electron chi connectivity index (χ4n) is 5.05. The van der Waals surface area contributed by atoms with Gasteiger partial charge >= 0.3 is 6.09 Å². The van der Waals surface area contributed by atoms with Crippen LogP contribution in [0.5, 0.6) is 0 Å². The van der Waals surface area contributed by atoms with Crippen LogP contribution >= 0.6 is 0 Å². The molecule has 8 nitrogen and oxygen atoms in total. The van der Waals surface area contributed by atoms with Gasteiger partial charge < -0.3 is 24.8 Å². The number of ketones is 1. The van der Waals surface area contributed by atoms with Gasteiger partial charge in [0, 0.05) is 43.3 Å². The van der Waals surface area contributed by atoms with E-state index in [2.05, 4.69) is 46.1 Å². The number of nitrogens with zero attached hydrogens (tertiary/aromatic N) is 3. The molecule has 174 valence electrons. The fraction of sp³-hybridized carbons (Fsp3) is 0.625. The normalized spacial score (nSPS) is 24.5. The van der Waals surface area contributed by atoms with Crippen molar-refractivity contribution in [2.75, 3.05) is 44.7 Å². The number of aromatic nitrogens is 2.